The van der Waals surface area contributed by atoms with E-state index in [2.05, 4.69) is 20.8 Å². The Bertz CT molecular complexity index is 894. The van der Waals surface area contributed by atoms with Crippen molar-refractivity contribution in [3.05, 3.63) is 71.8 Å². The van der Waals surface area contributed by atoms with Crippen LogP contribution in [0.5, 0.6) is 5.75 Å². The zero-order valence-electron chi connectivity index (χ0n) is 14.7. The Labute approximate surface area is 152 Å². The fourth-order valence-electron chi connectivity index (χ4n) is 2.55. The number of carbonyl (C=O) groups is 1. The summed E-state index contributed by atoms with van der Waals surface area (Å²) >= 11 is 0. The Kier molecular flexibility index (Phi) is 5.43. The molecule has 1 aromatic heterocycles. The third-order valence-electron chi connectivity index (χ3n) is 3.75. The lowest BCUT2D eigenvalue weighted by Crippen LogP contribution is -2.15. The summed E-state index contributed by atoms with van der Waals surface area (Å²) in [5.74, 6) is 1.56. The number of methoxy groups -OCH3 is 1. The predicted molar refractivity (Wildman–Crippen MR) is 102 cm³/mol. The second-order valence-electron chi connectivity index (χ2n) is 5.84. The molecular formula is C20H20N4O2. The van der Waals surface area contributed by atoms with Crippen LogP contribution < -0.4 is 15.4 Å². The van der Waals surface area contributed by atoms with E-state index in [0.717, 1.165) is 16.8 Å². The lowest BCUT2D eigenvalue weighted by atomic mass is 10.1. The van der Waals surface area contributed by atoms with Crippen LogP contribution in [0.1, 0.15) is 11.1 Å². The fourth-order valence-corrected chi connectivity index (χ4v) is 2.55. The maximum atomic E-state index is 12.1. The van der Waals surface area contributed by atoms with E-state index in [1.165, 1.54) is 0 Å². The first kappa shape index (κ1) is 17.4. The van der Waals surface area contributed by atoms with Crippen LogP contribution in [-0.4, -0.2) is 23.2 Å². The number of para-hydroxylation sites is 2. The molecule has 0 saturated carbocycles. The number of nitrogens with one attached hydrogen (secondary N) is 2. The Hall–Kier alpha value is -3.41. The Morgan fingerprint density at radius 3 is 2.50 bits per heavy atom. The zero-order valence-corrected chi connectivity index (χ0v) is 14.7. The van der Waals surface area contributed by atoms with Crippen molar-refractivity contribution in [2.45, 2.75) is 13.3 Å². The summed E-state index contributed by atoms with van der Waals surface area (Å²) < 4.78 is 5.29. The van der Waals surface area contributed by atoms with Gasteiger partial charge in [-0.15, -0.1) is 10.2 Å². The molecule has 0 aliphatic heterocycles. The highest BCUT2D eigenvalue weighted by molar-refractivity contribution is 5.91. The monoisotopic (exact) mass is 348 g/mol. The lowest BCUT2D eigenvalue weighted by Gasteiger charge is -2.10. The molecule has 0 aliphatic rings. The third kappa shape index (κ3) is 4.57. The van der Waals surface area contributed by atoms with Gasteiger partial charge < -0.3 is 15.4 Å². The van der Waals surface area contributed by atoms with Crippen LogP contribution in [0.4, 0.5) is 17.3 Å². The summed E-state index contributed by atoms with van der Waals surface area (Å²) in [6.45, 7) is 2.00. The number of aryl methyl sites for hydroxylation is 1. The number of benzene rings is 2. The number of rotatable bonds is 6. The van der Waals surface area contributed by atoms with E-state index >= 15 is 0 Å². The molecule has 26 heavy (non-hydrogen) atoms. The van der Waals surface area contributed by atoms with Gasteiger partial charge in [-0.2, -0.15) is 0 Å². The van der Waals surface area contributed by atoms with Gasteiger partial charge in [0.15, 0.2) is 11.6 Å². The molecule has 1 heterocycles. The van der Waals surface area contributed by atoms with Crippen molar-refractivity contribution in [2.75, 3.05) is 17.7 Å². The summed E-state index contributed by atoms with van der Waals surface area (Å²) in [7, 11) is 1.61. The molecule has 0 bridgehead atoms. The van der Waals surface area contributed by atoms with E-state index < -0.39 is 0 Å². The Balaban J connectivity index is 1.61. The number of hydrogen-bond donors (Lipinski definition) is 2. The molecule has 0 aliphatic carbocycles. The van der Waals surface area contributed by atoms with Gasteiger partial charge in [-0.3, -0.25) is 4.79 Å². The standard InChI is InChI=1S/C20H20N4O2/c1-14-6-5-7-15(12-14)13-20(25)22-19-11-10-18(23-24-19)21-16-8-3-4-9-17(16)26-2/h3-12H,13H2,1-2H3,(H,21,23)(H,22,24,25). The minimum absolute atomic E-state index is 0.129. The number of nitrogens with zero attached hydrogens (tertiary/aromatic N) is 2. The average molecular weight is 348 g/mol. The molecule has 0 radical (unpaired) electrons. The first-order chi connectivity index (χ1) is 12.6. The number of ether oxygens (including phenoxy) is 1. The minimum Gasteiger partial charge on any atom is -0.495 e. The molecule has 0 unspecified atom stereocenters. The van der Waals surface area contributed by atoms with Crippen molar-refractivity contribution in [1.82, 2.24) is 10.2 Å². The van der Waals surface area contributed by atoms with Crippen molar-refractivity contribution < 1.29 is 9.53 Å². The summed E-state index contributed by atoms with van der Waals surface area (Å²) in [5.41, 5.74) is 2.88. The number of anilines is 3. The predicted octanol–water partition coefficient (Wildman–Crippen LogP) is 3.72. The van der Waals surface area contributed by atoms with Crippen LogP contribution in [0.2, 0.25) is 0 Å². The molecule has 6 nitrogen and oxygen atoms in total. The van der Waals surface area contributed by atoms with Gasteiger partial charge >= 0.3 is 0 Å². The number of hydrogen-bond acceptors (Lipinski definition) is 5. The molecule has 132 valence electrons. The van der Waals surface area contributed by atoms with Crippen molar-refractivity contribution in [1.29, 1.82) is 0 Å². The van der Waals surface area contributed by atoms with Crippen molar-refractivity contribution >= 4 is 23.2 Å². The van der Waals surface area contributed by atoms with Gasteiger partial charge in [0, 0.05) is 0 Å². The van der Waals surface area contributed by atoms with E-state index in [0.29, 0.717) is 23.8 Å². The summed E-state index contributed by atoms with van der Waals surface area (Å²) in [6.07, 6.45) is 0.296. The van der Waals surface area contributed by atoms with E-state index in [4.69, 9.17) is 4.74 Å². The van der Waals surface area contributed by atoms with Gasteiger partial charge in [0.05, 0.1) is 19.2 Å². The summed E-state index contributed by atoms with van der Waals surface area (Å²) in [6, 6.07) is 18.9. The highest BCUT2D eigenvalue weighted by Crippen LogP contribution is 2.26. The molecule has 2 N–H and O–H groups in total. The van der Waals surface area contributed by atoms with Crippen LogP contribution in [0.25, 0.3) is 0 Å². The van der Waals surface area contributed by atoms with E-state index in [1.807, 2.05) is 55.5 Å². The van der Waals surface area contributed by atoms with Gasteiger partial charge in [0.25, 0.3) is 0 Å². The highest BCUT2D eigenvalue weighted by atomic mass is 16.5. The molecule has 0 fully saturated rings. The molecule has 6 heteroatoms. The van der Waals surface area contributed by atoms with E-state index in [1.54, 1.807) is 19.2 Å². The van der Waals surface area contributed by atoms with E-state index in [-0.39, 0.29) is 5.91 Å². The second-order valence-corrected chi connectivity index (χ2v) is 5.84. The average Bonchev–Trinajstić information content (AvgIpc) is 2.64. The molecule has 3 aromatic rings. The second kappa shape index (κ2) is 8.11. The van der Waals surface area contributed by atoms with Gasteiger partial charge in [-0.25, -0.2) is 0 Å². The number of carbonyl (C=O) groups excluding carboxylic acids is 1. The highest BCUT2D eigenvalue weighted by Gasteiger charge is 2.07. The maximum absolute atomic E-state index is 12.1. The molecule has 0 saturated heterocycles. The fraction of sp³-hybridized carbons (Fsp3) is 0.150. The topological polar surface area (TPSA) is 76.1 Å². The normalized spacial score (nSPS) is 10.2. The van der Waals surface area contributed by atoms with Crippen molar-refractivity contribution in [2.24, 2.45) is 0 Å². The summed E-state index contributed by atoms with van der Waals surface area (Å²) in [5, 5.41) is 14.0. The van der Waals surface area contributed by atoms with Gasteiger partial charge in [-0.05, 0) is 36.8 Å². The molecular weight excluding hydrogens is 328 g/mol. The van der Waals surface area contributed by atoms with Gasteiger partial charge in [-0.1, -0.05) is 42.0 Å². The maximum Gasteiger partial charge on any atom is 0.229 e. The molecule has 2 aromatic carbocycles. The molecule has 0 atom stereocenters. The van der Waals surface area contributed by atoms with E-state index in [9.17, 15) is 4.79 Å². The number of amides is 1. The SMILES string of the molecule is COc1ccccc1Nc1ccc(NC(=O)Cc2cccc(C)c2)nn1. The van der Waals surface area contributed by atoms with Gasteiger partial charge in [0.2, 0.25) is 5.91 Å². The largest absolute Gasteiger partial charge is 0.495 e. The van der Waals surface area contributed by atoms with Crippen LogP contribution in [0, 0.1) is 6.92 Å². The van der Waals surface area contributed by atoms with Crippen LogP contribution in [-0.2, 0) is 11.2 Å². The third-order valence-corrected chi connectivity index (χ3v) is 3.75. The minimum atomic E-state index is -0.129. The lowest BCUT2D eigenvalue weighted by molar-refractivity contribution is -0.115. The first-order valence-corrected chi connectivity index (χ1v) is 8.23. The van der Waals surface area contributed by atoms with Crippen LogP contribution >= 0.6 is 0 Å². The molecule has 1 amide bonds. The Morgan fingerprint density at radius 2 is 1.77 bits per heavy atom. The smallest absolute Gasteiger partial charge is 0.229 e. The summed E-state index contributed by atoms with van der Waals surface area (Å²) in [4.78, 5) is 12.1. The molecule has 3 rings (SSSR count). The number of aromatic nitrogens is 2. The zero-order chi connectivity index (χ0) is 18.4. The van der Waals surface area contributed by atoms with Crippen LogP contribution in [0.3, 0.4) is 0 Å². The van der Waals surface area contributed by atoms with Gasteiger partial charge in [0.1, 0.15) is 5.75 Å². The first-order valence-electron chi connectivity index (χ1n) is 8.23. The van der Waals surface area contributed by atoms with Crippen LogP contribution in [0.15, 0.2) is 60.7 Å². The Morgan fingerprint density at radius 1 is 1.00 bits per heavy atom. The molecule has 0 spiro atoms. The quantitative estimate of drug-likeness (QED) is 0.710. The van der Waals surface area contributed by atoms with Crippen molar-refractivity contribution in [3.63, 3.8) is 0 Å². The van der Waals surface area contributed by atoms with Crippen molar-refractivity contribution in [3.8, 4) is 5.75 Å².